The number of halogens is 3. The number of aromatic nitrogens is 4. The molecule has 1 aliphatic heterocycles. The Balaban J connectivity index is 1.48. The van der Waals surface area contributed by atoms with Gasteiger partial charge < -0.3 is 14.4 Å². The van der Waals surface area contributed by atoms with Crippen LogP contribution in [0, 0.1) is 0 Å². The van der Waals surface area contributed by atoms with Gasteiger partial charge in [-0.1, -0.05) is 5.16 Å². The monoisotopic (exact) mass is 471 g/mol. The molecule has 3 aromatic rings. The van der Waals surface area contributed by atoms with Crippen LogP contribution in [0.2, 0.25) is 0 Å². The Morgan fingerprint density at radius 2 is 2.12 bits per heavy atom. The summed E-state index contributed by atoms with van der Waals surface area (Å²) >= 11 is 0. The second kappa shape index (κ2) is 8.19. The van der Waals surface area contributed by atoms with Crippen LogP contribution < -0.4 is 4.90 Å². The van der Waals surface area contributed by atoms with Crippen LogP contribution in [0.25, 0.3) is 11.0 Å². The summed E-state index contributed by atoms with van der Waals surface area (Å²) in [5.41, 5.74) is 1.30. The van der Waals surface area contributed by atoms with E-state index >= 15 is 0 Å². The summed E-state index contributed by atoms with van der Waals surface area (Å²) in [6, 6.07) is 1.85. The Morgan fingerprint density at radius 3 is 2.84 bits per heavy atom. The molecule has 0 bridgehead atoms. The molecule has 32 heavy (non-hydrogen) atoms. The fraction of sp³-hybridized carbons (Fsp3) is 0.474. The fourth-order valence-corrected chi connectivity index (χ4v) is 4.99. The molecule has 4 heterocycles. The molecule has 0 fully saturated rings. The highest BCUT2D eigenvalue weighted by Gasteiger charge is 2.46. The van der Waals surface area contributed by atoms with Crippen LogP contribution in [0.5, 0.6) is 0 Å². The number of Topliss-reactive ketones (excluding diaryl/α,β-unsaturated/α-hetero) is 1. The standard InChI is InChI=1S/C19H20F3N5O4S/c1-32(29,30)15(19(20,21)22)4-2-3-13(28)16-12-9-27(8-6-14(12)31-26-16)18-11-5-7-23-17(11)24-10-25-18/h5,7,10,15H,2-4,6,8-9H2,1H3,(H,23,24,25). The lowest BCUT2D eigenvalue weighted by Crippen LogP contribution is -2.36. The normalized spacial score (nSPS) is 15.7. The van der Waals surface area contributed by atoms with Crippen molar-refractivity contribution in [1.82, 2.24) is 20.1 Å². The number of anilines is 1. The minimum atomic E-state index is -4.88. The number of carbonyl (C=O) groups excluding carboxylic acids is 1. The predicted molar refractivity (Wildman–Crippen MR) is 108 cm³/mol. The van der Waals surface area contributed by atoms with Gasteiger partial charge in [-0.3, -0.25) is 4.79 Å². The number of H-pyrrole nitrogens is 1. The van der Waals surface area contributed by atoms with Crippen molar-refractivity contribution in [2.24, 2.45) is 0 Å². The maximum Gasteiger partial charge on any atom is 0.405 e. The summed E-state index contributed by atoms with van der Waals surface area (Å²) in [6.45, 7) is 0.875. The first-order valence-corrected chi connectivity index (χ1v) is 11.8. The van der Waals surface area contributed by atoms with Crippen molar-refractivity contribution >= 4 is 32.5 Å². The molecular formula is C19H20F3N5O4S. The third-order valence-corrected chi connectivity index (χ3v) is 7.01. The van der Waals surface area contributed by atoms with Crippen LogP contribution in [0.4, 0.5) is 19.0 Å². The minimum absolute atomic E-state index is 0.0620. The summed E-state index contributed by atoms with van der Waals surface area (Å²) in [4.78, 5) is 26.1. The Labute approximate surface area is 180 Å². The molecule has 1 atom stereocenters. The van der Waals surface area contributed by atoms with Gasteiger partial charge in [0.1, 0.15) is 23.6 Å². The van der Waals surface area contributed by atoms with E-state index in [4.69, 9.17) is 4.52 Å². The molecule has 1 N–H and O–H groups in total. The quantitative estimate of drug-likeness (QED) is 0.522. The molecule has 0 spiro atoms. The van der Waals surface area contributed by atoms with Crippen LogP contribution in [0.3, 0.4) is 0 Å². The van der Waals surface area contributed by atoms with E-state index in [-0.39, 0.29) is 18.5 Å². The molecule has 0 aliphatic carbocycles. The van der Waals surface area contributed by atoms with Gasteiger partial charge in [-0.15, -0.1) is 0 Å². The third kappa shape index (κ3) is 4.33. The Hall–Kier alpha value is -2.96. The minimum Gasteiger partial charge on any atom is -0.360 e. The predicted octanol–water partition coefficient (Wildman–Crippen LogP) is 2.84. The number of hydrogen-bond acceptors (Lipinski definition) is 8. The molecule has 9 nitrogen and oxygen atoms in total. The summed E-state index contributed by atoms with van der Waals surface area (Å²) < 4.78 is 67.3. The van der Waals surface area contributed by atoms with Crippen LogP contribution in [-0.2, 0) is 22.8 Å². The zero-order valence-electron chi connectivity index (χ0n) is 17.0. The van der Waals surface area contributed by atoms with Crippen LogP contribution in [-0.4, -0.2) is 58.5 Å². The molecule has 0 radical (unpaired) electrons. The fourth-order valence-electron chi connectivity index (χ4n) is 3.91. The molecule has 0 aromatic carbocycles. The summed E-state index contributed by atoms with van der Waals surface area (Å²) in [5.74, 6) is 0.747. The number of ketones is 1. The first kappa shape index (κ1) is 22.2. The van der Waals surface area contributed by atoms with Crippen LogP contribution >= 0.6 is 0 Å². The molecule has 1 unspecified atom stereocenters. The molecule has 0 amide bonds. The van der Waals surface area contributed by atoms with E-state index < -0.39 is 33.5 Å². The lowest BCUT2D eigenvalue weighted by atomic mass is 10.0. The highest BCUT2D eigenvalue weighted by atomic mass is 32.2. The van der Waals surface area contributed by atoms with Gasteiger partial charge in [0.25, 0.3) is 0 Å². The van der Waals surface area contributed by atoms with E-state index in [1.807, 2.05) is 11.0 Å². The molecule has 1 aliphatic rings. The van der Waals surface area contributed by atoms with Crippen molar-refractivity contribution < 1.29 is 30.9 Å². The van der Waals surface area contributed by atoms with E-state index in [9.17, 15) is 26.4 Å². The van der Waals surface area contributed by atoms with Crippen molar-refractivity contribution in [2.45, 2.75) is 43.7 Å². The van der Waals surface area contributed by atoms with Crippen LogP contribution in [0.1, 0.15) is 41.1 Å². The Kier molecular flexibility index (Phi) is 5.69. The second-order valence-corrected chi connectivity index (χ2v) is 9.94. The van der Waals surface area contributed by atoms with Gasteiger partial charge in [-0.25, -0.2) is 18.4 Å². The van der Waals surface area contributed by atoms with E-state index in [1.165, 1.54) is 6.33 Å². The maximum atomic E-state index is 13.0. The second-order valence-electron chi connectivity index (χ2n) is 7.72. The third-order valence-electron chi connectivity index (χ3n) is 5.48. The number of rotatable bonds is 7. The van der Waals surface area contributed by atoms with E-state index in [0.717, 1.165) is 5.39 Å². The summed E-state index contributed by atoms with van der Waals surface area (Å²) in [6.07, 6.45) is -1.87. The number of alkyl halides is 3. The van der Waals surface area contributed by atoms with Crippen molar-refractivity contribution in [3.63, 3.8) is 0 Å². The number of hydrogen-bond donors (Lipinski definition) is 1. The molecule has 0 saturated heterocycles. The van der Waals surface area contributed by atoms with Crippen molar-refractivity contribution in [2.75, 3.05) is 17.7 Å². The Morgan fingerprint density at radius 1 is 1.34 bits per heavy atom. The van der Waals surface area contributed by atoms with E-state index in [0.29, 0.717) is 48.6 Å². The lowest BCUT2D eigenvalue weighted by molar-refractivity contribution is -0.131. The largest absolute Gasteiger partial charge is 0.405 e. The molecular weight excluding hydrogens is 451 g/mol. The first-order chi connectivity index (χ1) is 15.1. The SMILES string of the molecule is CS(=O)(=O)C(CCCC(=O)c1noc2c1CN(c1ncnc3[nH]ccc13)CC2)C(F)(F)F. The highest BCUT2D eigenvalue weighted by Crippen LogP contribution is 2.32. The zero-order valence-corrected chi connectivity index (χ0v) is 17.8. The number of carbonyl (C=O) groups is 1. The summed E-state index contributed by atoms with van der Waals surface area (Å²) in [5, 5.41) is 2.17. The topological polar surface area (TPSA) is 122 Å². The van der Waals surface area contributed by atoms with Crippen molar-refractivity contribution in [1.29, 1.82) is 0 Å². The van der Waals surface area contributed by atoms with Crippen molar-refractivity contribution in [3.8, 4) is 0 Å². The van der Waals surface area contributed by atoms with Gasteiger partial charge in [-0.05, 0) is 18.9 Å². The summed E-state index contributed by atoms with van der Waals surface area (Å²) in [7, 11) is -4.33. The molecule has 0 saturated carbocycles. The first-order valence-electron chi connectivity index (χ1n) is 9.85. The molecule has 3 aromatic heterocycles. The number of nitrogens with one attached hydrogen (secondary N) is 1. The van der Waals surface area contributed by atoms with Gasteiger partial charge in [0, 0.05) is 37.4 Å². The van der Waals surface area contributed by atoms with E-state index in [1.54, 1.807) is 6.20 Å². The van der Waals surface area contributed by atoms with E-state index in [2.05, 4.69) is 20.1 Å². The molecule has 172 valence electrons. The van der Waals surface area contributed by atoms with Gasteiger partial charge in [0.15, 0.2) is 26.6 Å². The molecule has 4 rings (SSSR count). The van der Waals surface area contributed by atoms with Crippen molar-refractivity contribution in [3.05, 3.63) is 35.6 Å². The number of nitrogens with zero attached hydrogens (tertiary/aromatic N) is 4. The van der Waals surface area contributed by atoms with Gasteiger partial charge in [-0.2, -0.15) is 13.2 Å². The zero-order chi connectivity index (χ0) is 23.1. The van der Waals surface area contributed by atoms with Gasteiger partial charge in [0.2, 0.25) is 0 Å². The average molecular weight is 471 g/mol. The maximum absolute atomic E-state index is 13.0. The number of aromatic amines is 1. The highest BCUT2D eigenvalue weighted by molar-refractivity contribution is 7.91. The van der Waals surface area contributed by atoms with Gasteiger partial charge >= 0.3 is 6.18 Å². The van der Waals surface area contributed by atoms with Crippen LogP contribution in [0.15, 0.2) is 23.1 Å². The number of sulfone groups is 1. The smallest absolute Gasteiger partial charge is 0.360 e. The lowest BCUT2D eigenvalue weighted by Gasteiger charge is -2.27. The molecule has 13 heteroatoms. The van der Waals surface area contributed by atoms with Gasteiger partial charge in [0.05, 0.1) is 11.9 Å². The number of fused-ring (bicyclic) bond motifs is 2. The average Bonchev–Trinajstić information content (AvgIpc) is 3.35. The Bertz CT molecular complexity index is 1250.